The molecule has 3 nitrogen and oxygen atoms in total. The average molecular weight is 351 g/mol. The van der Waals surface area contributed by atoms with E-state index in [2.05, 4.69) is 21.2 Å². The van der Waals surface area contributed by atoms with Gasteiger partial charge >= 0.3 is 0 Å². The van der Waals surface area contributed by atoms with E-state index in [1.807, 2.05) is 43.3 Å². The predicted octanol–water partition coefficient (Wildman–Crippen LogP) is 3.58. The van der Waals surface area contributed by atoms with Crippen LogP contribution in [0.1, 0.15) is 15.9 Å². The number of carbonyl (C=O) groups is 1. The van der Waals surface area contributed by atoms with Gasteiger partial charge in [0, 0.05) is 36.4 Å². The van der Waals surface area contributed by atoms with Crippen molar-refractivity contribution >= 4 is 27.5 Å². The molecule has 1 amide bonds. The lowest BCUT2D eigenvalue weighted by Crippen LogP contribution is -2.23. The van der Waals surface area contributed by atoms with Crippen LogP contribution < -0.4 is 10.2 Å². The monoisotopic (exact) mass is 350 g/mol. The highest BCUT2D eigenvalue weighted by atomic mass is 79.9. The molecule has 0 unspecified atom stereocenters. The van der Waals surface area contributed by atoms with Crippen LogP contribution in [0.5, 0.6) is 0 Å². The van der Waals surface area contributed by atoms with Crippen LogP contribution in [0.3, 0.4) is 0 Å². The number of hydrogen-bond acceptors (Lipinski definition) is 2. The lowest BCUT2D eigenvalue weighted by atomic mass is 10.1. The van der Waals surface area contributed by atoms with E-state index in [1.54, 1.807) is 6.07 Å². The molecule has 110 valence electrons. The normalized spacial score (nSPS) is 10.3. The van der Waals surface area contributed by atoms with Gasteiger partial charge in [0.2, 0.25) is 0 Å². The summed E-state index contributed by atoms with van der Waals surface area (Å²) < 4.78 is 13.8. The van der Waals surface area contributed by atoms with E-state index in [-0.39, 0.29) is 5.91 Å². The molecule has 0 saturated heterocycles. The molecule has 0 aliphatic heterocycles. The zero-order valence-electron chi connectivity index (χ0n) is 11.9. The first-order chi connectivity index (χ1) is 9.95. The van der Waals surface area contributed by atoms with E-state index in [0.29, 0.717) is 16.6 Å². The summed E-state index contributed by atoms with van der Waals surface area (Å²) in [5.41, 5.74) is 2.38. The molecular formula is C16H16BrFN2O. The molecule has 0 spiro atoms. The van der Waals surface area contributed by atoms with Crippen molar-refractivity contribution < 1.29 is 9.18 Å². The van der Waals surface area contributed by atoms with Crippen molar-refractivity contribution in [2.45, 2.75) is 6.54 Å². The fourth-order valence-corrected chi connectivity index (χ4v) is 2.35. The van der Waals surface area contributed by atoms with Crippen molar-refractivity contribution in [3.05, 3.63) is 63.9 Å². The van der Waals surface area contributed by atoms with Crippen LogP contribution >= 0.6 is 15.9 Å². The molecule has 0 radical (unpaired) electrons. The first kappa shape index (κ1) is 15.5. The lowest BCUT2D eigenvalue weighted by Gasteiger charge is -2.13. The number of anilines is 1. The van der Waals surface area contributed by atoms with Crippen LogP contribution in [0, 0.1) is 5.82 Å². The van der Waals surface area contributed by atoms with Crippen molar-refractivity contribution in [3.8, 4) is 0 Å². The standard InChI is InChI=1S/C16H16BrFN2O/c1-20(2)15-5-3-11(4-6-15)10-19-16(21)12-7-13(17)9-14(18)8-12/h3-9H,10H2,1-2H3,(H,19,21). The SMILES string of the molecule is CN(C)c1ccc(CNC(=O)c2cc(F)cc(Br)c2)cc1. The van der Waals surface area contributed by atoms with Crippen molar-refractivity contribution in [2.75, 3.05) is 19.0 Å². The second kappa shape index (κ2) is 6.72. The van der Waals surface area contributed by atoms with Crippen LogP contribution in [-0.2, 0) is 6.54 Å². The predicted molar refractivity (Wildman–Crippen MR) is 86.0 cm³/mol. The Morgan fingerprint density at radius 1 is 1.19 bits per heavy atom. The van der Waals surface area contributed by atoms with Crippen LogP contribution in [0.25, 0.3) is 0 Å². The van der Waals surface area contributed by atoms with E-state index in [1.165, 1.54) is 12.1 Å². The molecule has 1 N–H and O–H groups in total. The molecule has 0 aromatic heterocycles. The fraction of sp³-hybridized carbons (Fsp3) is 0.188. The highest BCUT2D eigenvalue weighted by Crippen LogP contribution is 2.15. The van der Waals surface area contributed by atoms with Crippen LogP contribution in [0.15, 0.2) is 46.9 Å². The largest absolute Gasteiger partial charge is 0.378 e. The van der Waals surface area contributed by atoms with Crippen LogP contribution in [-0.4, -0.2) is 20.0 Å². The smallest absolute Gasteiger partial charge is 0.251 e. The highest BCUT2D eigenvalue weighted by Gasteiger charge is 2.08. The van der Waals surface area contributed by atoms with Crippen molar-refractivity contribution in [1.82, 2.24) is 5.32 Å². The number of amides is 1. The molecule has 21 heavy (non-hydrogen) atoms. The van der Waals surface area contributed by atoms with Gasteiger partial charge < -0.3 is 10.2 Å². The maximum atomic E-state index is 13.3. The summed E-state index contributed by atoms with van der Waals surface area (Å²) in [6, 6.07) is 12.0. The minimum Gasteiger partial charge on any atom is -0.378 e. The molecule has 0 saturated carbocycles. The third-order valence-electron chi connectivity index (χ3n) is 3.03. The molecule has 2 aromatic carbocycles. The van der Waals surface area contributed by atoms with Gasteiger partial charge in [-0.3, -0.25) is 4.79 Å². The van der Waals surface area contributed by atoms with Crippen molar-refractivity contribution in [3.63, 3.8) is 0 Å². The molecule has 0 heterocycles. The highest BCUT2D eigenvalue weighted by molar-refractivity contribution is 9.10. The Balaban J connectivity index is 2.00. The zero-order chi connectivity index (χ0) is 15.4. The number of carbonyl (C=O) groups excluding carboxylic acids is 1. The maximum absolute atomic E-state index is 13.3. The molecule has 0 aliphatic rings. The van der Waals surface area contributed by atoms with E-state index >= 15 is 0 Å². The second-order valence-electron chi connectivity index (χ2n) is 4.90. The van der Waals surface area contributed by atoms with Crippen molar-refractivity contribution in [1.29, 1.82) is 0 Å². The summed E-state index contributed by atoms with van der Waals surface area (Å²) >= 11 is 3.17. The molecule has 0 bridgehead atoms. The summed E-state index contributed by atoms with van der Waals surface area (Å²) in [4.78, 5) is 14.0. The quantitative estimate of drug-likeness (QED) is 0.913. The Morgan fingerprint density at radius 2 is 1.86 bits per heavy atom. The minimum absolute atomic E-state index is 0.298. The Hall–Kier alpha value is -1.88. The molecule has 0 fully saturated rings. The number of nitrogens with zero attached hydrogens (tertiary/aromatic N) is 1. The third kappa shape index (κ3) is 4.29. The van der Waals surface area contributed by atoms with Gasteiger partial charge in [-0.15, -0.1) is 0 Å². The maximum Gasteiger partial charge on any atom is 0.251 e. The van der Waals surface area contributed by atoms with E-state index in [9.17, 15) is 9.18 Å². The van der Waals surface area contributed by atoms with Gasteiger partial charge in [0.15, 0.2) is 0 Å². The molecule has 5 heteroatoms. The second-order valence-corrected chi connectivity index (χ2v) is 5.82. The van der Waals surface area contributed by atoms with Gasteiger partial charge in [0.1, 0.15) is 5.82 Å². The fourth-order valence-electron chi connectivity index (χ4n) is 1.88. The minimum atomic E-state index is -0.440. The van der Waals surface area contributed by atoms with E-state index in [0.717, 1.165) is 11.3 Å². The van der Waals surface area contributed by atoms with Gasteiger partial charge in [-0.1, -0.05) is 28.1 Å². The van der Waals surface area contributed by atoms with Crippen LogP contribution in [0.4, 0.5) is 10.1 Å². The first-order valence-electron chi connectivity index (χ1n) is 6.46. The zero-order valence-corrected chi connectivity index (χ0v) is 13.4. The summed E-state index contributed by atoms with van der Waals surface area (Å²) in [5, 5.41) is 2.78. The molecule has 0 atom stereocenters. The van der Waals surface area contributed by atoms with Gasteiger partial charge in [-0.25, -0.2) is 4.39 Å². The van der Waals surface area contributed by atoms with Crippen molar-refractivity contribution in [2.24, 2.45) is 0 Å². The number of halogens is 2. The molecule has 2 rings (SSSR count). The topological polar surface area (TPSA) is 32.3 Å². The van der Waals surface area contributed by atoms with Gasteiger partial charge in [-0.2, -0.15) is 0 Å². The number of hydrogen-bond donors (Lipinski definition) is 1. The Morgan fingerprint density at radius 3 is 2.43 bits per heavy atom. The van der Waals surface area contributed by atoms with Crippen LogP contribution in [0.2, 0.25) is 0 Å². The Labute approximate surface area is 131 Å². The molecule has 0 aliphatic carbocycles. The Bertz CT molecular complexity index is 621. The summed E-state index contributed by atoms with van der Waals surface area (Å²) in [7, 11) is 3.94. The Kier molecular flexibility index (Phi) is 4.96. The summed E-state index contributed by atoms with van der Waals surface area (Å²) in [6.45, 7) is 0.403. The van der Waals surface area contributed by atoms with Gasteiger partial charge in [0.05, 0.1) is 0 Å². The summed E-state index contributed by atoms with van der Waals surface area (Å²) in [6.07, 6.45) is 0. The summed E-state index contributed by atoms with van der Waals surface area (Å²) in [5.74, 6) is -0.739. The van der Waals surface area contributed by atoms with Gasteiger partial charge in [-0.05, 0) is 35.9 Å². The van der Waals surface area contributed by atoms with Gasteiger partial charge in [0.25, 0.3) is 5.91 Å². The lowest BCUT2D eigenvalue weighted by molar-refractivity contribution is 0.0950. The third-order valence-corrected chi connectivity index (χ3v) is 3.49. The molecule has 2 aromatic rings. The van der Waals surface area contributed by atoms with E-state index in [4.69, 9.17) is 0 Å². The average Bonchev–Trinajstić information content (AvgIpc) is 2.44. The number of nitrogens with one attached hydrogen (secondary N) is 1. The number of benzene rings is 2. The first-order valence-corrected chi connectivity index (χ1v) is 7.25. The number of rotatable bonds is 4. The van der Waals surface area contributed by atoms with E-state index < -0.39 is 5.82 Å². The molecular weight excluding hydrogens is 335 g/mol.